The van der Waals surface area contributed by atoms with Crippen LogP contribution in [0.5, 0.6) is 0 Å². The highest BCUT2D eigenvalue weighted by molar-refractivity contribution is 9.10. The van der Waals surface area contributed by atoms with Crippen molar-refractivity contribution in [3.63, 3.8) is 0 Å². The highest BCUT2D eigenvalue weighted by Gasteiger charge is 2.43. The molecule has 5 N–H and O–H groups in total. The van der Waals surface area contributed by atoms with Gasteiger partial charge in [0.25, 0.3) is 0 Å². The lowest BCUT2D eigenvalue weighted by Crippen LogP contribution is -2.31. The van der Waals surface area contributed by atoms with E-state index >= 15 is 0 Å². The number of aliphatic imine (C=N–C) groups is 1. The van der Waals surface area contributed by atoms with Crippen LogP contribution in [-0.4, -0.2) is 74.6 Å². The molecule has 264 valence electrons. The number of halogens is 1. The predicted octanol–water partition coefficient (Wildman–Crippen LogP) is 6.40. The number of esters is 1. The summed E-state index contributed by atoms with van der Waals surface area (Å²) >= 11 is 3.54. The quantitative estimate of drug-likeness (QED) is 0.0834. The van der Waals surface area contributed by atoms with Crippen LogP contribution in [0.3, 0.4) is 0 Å². The van der Waals surface area contributed by atoms with E-state index < -0.39 is 29.7 Å². The van der Waals surface area contributed by atoms with Gasteiger partial charge in [0.15, 0.2) is 5.96 Å². The molecule has 0 spiro atoms. The summed E-state index contributed by atoms with van der Waals surface area (Å²) in [4.78, 5) is 35.9. The molecule has 1 aliphatic heterocycles. The van der Waals surface area contributed by atoms with Gasteiger partial charge in [-0.25, -0.2) is 0 Å². The average Bonchev–Trinajstić information content (AvgIpc) is 3.66. The number of benzene rings is 1. The number of anilines is 1. The van der Waals surface area contributed by atoms with Crippen LogP contribution in [0.4, 0.5) is 5.69 Å². The molecule has 1 aromatic heterocycles. The maximum absolute atomic E-state index is 12.4. The Morgan fingerprint density at radius 1 is 1.17 bits per heavy atom. The second-order valence-electron chi connectivity index (χ2n) is 13.3. The average molecular weight is 731 g/mol. The standard InChI is InChI=1S/C25H42O6.C11H10BrN5/c1-5-6-9-12-18(26)15-16-20-19(13-10-7-8-11-14-23(28)29)21(27)17-22(20)31-24(30)25(2,3)4;12-9-7(17-11-15-5-6-16-11)1-2-8-10(9)14-4-3-13-8/h7,10,15-16,18-22,26-27H,5-6,8-9,11-14,17H2,1-4H3,(H,28,29);1-4H,5-6H2,(H2,15,16,17)/b10-7-,16-15+;/t18-,19+,20+,21-,22+;/m0./s1. The number of carboxylic acids is 1. The third kappa shape index (κ3) is 12.6. The molecule has 0 radical (unpaired) electrons. The SMILES string of the molecule is Brc1c(NC2=NCCN2)ccc2nccnc12.CCCCC[C@H](O)/C=C/[C@@H]1[C@@H](C/C=C\CCCC(=O)O)[C@@H](O)C[C@H]1OC(=O)C(C)(C)C. The molecule has 5 atom stereocenters. The van der Waals surface area contributed by atoms with Crippen molar-refractivity contribution >= 4 is 50.5 Å². The summed E-state index contributed by atoms with van der Waals surface area (Å²) in [5, 5.41) is 36.0. The third-order valence-electron chi connectivity index (χ3n) is 8.26. The van der Waals surface area contributed by atoms with E-state index in [-0.39, 0.29) is 24.2 Å². The number of hydrogen-bond donors (Lipinski definition) is 5. The molecule has 2 aromatic rings. The van der Waals surface area contributed by atoms with Crippen molar-refractivity contribution in [1.82, 2.24) is 15.3 Å². The van der Waals surface area contributed by atoms with Gasteiger partial charge in [0.05, 0.1) is 39.8 Å². The van der Waals surface area contributed by atoms with Crippen LogP contribution in [-0.2, 0) is 14.3 Å². The first-order valence-corrected chi connectivity index (χ1v) is 17.8. The first-order chi connectivity index (χ1) is 22.9. The van der Waals surface area contributed by atoms with E-state index in [0.717, 1.165) is 59.5 Å². The van der Waals surface area contributed by atoms with Gasteiger partial charge in [-0.2, -0.15) is 0 Å². The number of guanidine groups is 1. The van der Waals surface area contributed by atoms with Crippen molar-refractivity contribution in [1.29, 1.82) is 0 Å². The van der Waals surface area contributed by atoms with Crippen LogP contribution in [0.1, 0.15) is 85.5 Å². The maximum atomic E-state index is 12.4. The van der Waals surface area contributed by atoms with Crippen LogP contribution >= 0.6 is 15.9 Å². The minimum Gasteiger partial charge on any atom is -0.481 e. The van der Waals surface area contributed by atoms with Crippen LogP contribution in [0, 0.1) is 17.3 Å². The molecule has 0 unspecified atom stereocenters. The lowest BCUT2D eigenvalue weighted by Gasteiger charge is -2.25. The van der Waals surface area contributed by atoms with Gasteiger partial charge in [-0.1, -0.05) is 50.5 Å². The molecule has 1 aliphatic carbocycles. The molecule has 1 saturated carbocycles. The Kier molecular flexibility index (Phi) is 16.0. The predicted molar refractivity (Wildman–Crippen MR) is 193 cm³/mol. The molecule has 1 aromatic carbocycles. The number of allylic oxidation sites excluding steroid dienone is 2. The smallest absolute Gasteiger partial charge is 0.311 e. The highest BCUT2D eigenvalue weighted by Crippen LogP contribution is 2.39. The Labute approximate surface area is 292 Å². The van der Waals surface area contributed by atoms with Gasteiger partial charge in [0.2, 0.25) is 0 Å². The van der Waals surface area contributed by atoms with Crippen LogP contribution in [0.25, 0.3) is 11.0 Å². The van der Waals surface area contributed by atoms with Crippen molar-refractivity contribution < 1.29 is 29.6 Å². The fraction of sp³-hybridized carbons (Fsp3) is 0.583. The number of nitrogens with one attached hydrogen (secondary N) is 2. The Morgan fingerprint density at radius 2 is 1.94 bits per heavy atom. The summed E-state index contributed by atoms with van der Waals surface area (Å²) in [6, 6.07) is 3.90. The molecule has 0 amide bonds. The van der Waals surface area contributed by atoms with Crippen molar-refractivity contribution in [2.45, 2.75) is 104 Å². The second-order valence-corrected chi connectivity index (χ2v) is 14.1. The Hall–Kier alpha value is -3.35. The topological polar surface area (TPSA) is 166 Å². The van der Waals surface area contributed by atoms with Gasteiger partial charge in [-0.15, -0.1) is 0 Å². The molecule has 11 nitrogen and oxygen atoms in total. The molecule has 48 heavy (non-hydrogen) atoms. The molecule has 12 heteroatoms. The van der Waals surface area contributed by atoms with Gasteiger partial charge in [0, 0.05) is 37.7 Å². The number of aromatic nitrogens is 2. The van der Waals surface area contributed by atoms with E-state index in [1.807, 2.05) is 30.4 Å². The molecule has 0 saturated heterocycles. The number of rotatable bonds is 14. The Bertz CT molecular complexity index is 1430. The summed E-state index contributed by atoms with van der Waals surface area (Å²) < 4.78 is 6.67. The van der Waals surface area contributed by atoms with Crippen molar-refractivity contribution in [2.24, 2.45) is 22.2 Å². The first-order valence-electron chi connectivity index (χ1n) is 17.0. The number of carbonyl (C=O) groups excluding carboxylic acids is 1. The van der Waals surface area contributed by atoms with Crippen LogP contribution < -0.4 is 10.6 Å². The van der Waals surface area contributed by atoms with Crippen molar-refractivity contribution in [2.75, 3.05) is 18.4 Å². The fourth-order valence-electron chi connectivity index (χ4n) is 5.53. The number of fused-ring (bicyclic) bond motifs is 1. The summed E-state index contributed by atoms with van der Waals surface area (Å²) in [7, 11) is 0. The van der Waals surface area contributed by atoms with Crippen molar-refractivity contribution in [3.05, 3.63) is 53.3 Å². The molecular formula is C36H52BrN5O6. The second kappa shape index (κ2) is 19.6. The zero-order chi connectivity index (χ0) is 35.1. The zero-order valence-corrected chi connectivity index (χ0v) is 30.2. The highest BCUT2D eigenvalue weighted by atomic mass is 79.9. The minimum atomic E-state index is -0.800. The number of carboxylic acid groups (broad SMARTS) is 1. The first kappa shape index (κ1) is 39.1. The number of ether oxygens (including phenoxy) is 1. The molecular weight excluding hydrogens is 678 g/mol. The van der Waals surface area contributed by atoms with E-state index in [1.54, 1.807) is 39.2 Å². The summed E-state index contributed by atoms with van der Waals surface area (Å²) in [6.45, 7) is 9.23. The number of aliphatic hydroxyl groups is 2. The number of aliphatic carboxylic acids is 1. The van der Waals surface area contributed by atoms with E-state index in [0.29, 0.717) is 32.1 Å². The number of nitrogens with zero attached hydrogens (tertiary/aromatic N) is 3. The van der Waals surface area contributed by atoms with Crippen LogP contribution in [0.2, 0.25) is 0 Å². The Morgan fingerprint density at radius 3 is 2.62 bits per heavy atom. The minimum absolute atomic E-state index is 0.118. The number of aliphatic hydroxyl groups excluding tert-OH is 2. The fourth-order valence-corrected chi connectivity index (χ4v) is 6.07. The summed E-state index contributed by atoms with van der Waals surface area (Å²) in [5.74, 6) is -0.588. The van der Waals surface area contributed by atoms with Crippen molar-refractivity contribution in [3.8, 4) is 0 Å². The maximum Gasteiger partial charge on any atom is 0.311 e. The molecule has 4 rings (SSSR count). The molecule has 1 fully saturated rings. The van der Waals surface area contributed by atoms with Gasteiger partial charge in [0.1, 0.15) is 11.6 Å². The van der Waals surface area contributed by atoms with Gasteiger partial charge >= 0.3 is 11.9 Å². The van der Waals surface area contributed by atoms with Gasteiger partial charge in [-0.05, 0) is 80.4 Å². The zero-order valence-electron chi connectivity index (χ0n) is 28.6. The number of hydrogen-bond acceptors (Lipinski definition) is 10. The number of carbonyl (C=O) groups is 2. The lowest BCUT2D eigenvalue weighted by molar-refractivity contribution is -0.160. The monoisotopic (exact) mass is 729 g/mol. The van der Waals surface area contributed by atoms with E-state index in [4.69, 9.17) is 9.84 Å². The van der Waals surface area contributed by atoms with Gasteiger partial charge in [-0.3, -0.25) is 24.5 Å². The molecule has 2 heterocycles. The summed E-state index contributed by atoms with van der Waals surface area (Å²) in [5.41, 5.74) is 2.02. The Balaban J connectivity index is 0.000000305. The van der Waals surface area contributed by atoms with Crippen LogP contribution in [0.15, 0.2) is 58.3 Å². The number of unbranched alkanes of at least 4 members (excludes halogenated alkanes) is 3. The normalized spacial score (nSPS) is 21.5. The van der Waals surface area contributed by atoms with E-state index in [1.165, 1.54) is 0 Å². The van der Waals surface area contributed by atoms with Gasteiger partial charge < -0.3 is 30.7 Å². The molecule has 0 bridgehead atoms. The third-order valence-corrected chi connectivity index (χ3v) is 9.07. The molecule has 2 aliphatic rings. The van der Waals surface area contributed by atoms with E-state index in [9.17, 15) is 19.8 Å². The van der Waals surface area contributed by atoms with E-state index in [2.05, 4.69) is 48.4 Å². The lowest BCUT2D eigenvalue weighted by atomic mass is 9.89. The largest absolute Gasteiger partial charge is 0.481 e. The summed E-state index contributed by atoms with van der Waals surface area (Å²) in [6.07, 6.45) is 15.6.